The molecule has 0 aromatic heterocycles. The largest absolute Gasteiger partial charge is 0.493 e. The Labute approximate surface area is 160 Å². The van der Waals surface area contributed by atoms with E-state index in [-0.39, 0.29) is 11.9 Å². The minimum atomic E-state index is 0.0414. The van der Waals surface area contributed by atoms with Crippen LogP contribution in [-0.2, 0) is 0 Å². The highest BCUT2D eigenvalue weighted by molar-refractivity contribution is 6.23. The SMILES string of the molecule is CCCOc1cccc2c1-c1c(OC(C)C3CCCCN3)cccc1C2=O. The van der Waals surface area contributed by atoms with Crippen molar-refractivity contribution in [1.82, 2.24) is 5.32 Å². The monoisotopic (exact) mass is 365 g/mol. The topological polar surface area (TPSA) is 47.6 Å². The lowest BCUT2D eigenvalue weighted by molar-refractivity contribution is 0.104. The molecular weight excluding hydrogens is 338 g/mol. The smallest absolute Gasteiger partial charge is 0.194 e. The summed E-state index contributed by atoms with van der Waals surface area (Å²) in [5, 5.41) is 3.56. The van der Waals surface area contributed by atoms with Gasteiger partial charge in [-0.15, -0.1) is 0 Å². The minimum Gasteiger partial charge on any atom is -0.493 e. The van der Waals surface area contributed by atoms with E-state index in [9.17, 15) is 4.79 Å². The molecule has 2 aliphatic rings. The molecule has 0 radical (unpaired) electrons. The van der Waals surface area contributed by atoms with E-state index in [1.54, 1.807) is 0 Å². The Hall–Kier alpha value is -2.33. The quantitative estimate of drug-likeness (QED) is 0.694. The van der Waals surface area contributed by atoms with Gasteiger partial charge in [-0.3, -0.25) is 4.79 Å². The third-order valence-corrected chi connectivity index (χ3v) is 5.48. The highest BCUT2D eigenvalue weighted by Gasteiger charge is 2.33. The Morgan fingerprint density at radius 3 is 2.44 bits per heavy atom. The molecule has 1 aliphatic carbocycles. The molecule has 4 heteroatoms. The maximum Gasteiger partial charge on any atom is 0.194 e. The van der Waals surface area contributed by atoms with Gasteiger partial charge in [0.25, 0.3) is 0 Å². The van der Waals surface area contributed by atoms with Crippen molar-refractivity contribution in [2.45, 2.75) is 51.7 Å². The Balaban J connectivity index is 1.71. The number of benzene rings is 2. The molecule has 0 bridgehead atoms. The second kappa shape index (κ2) is 7.73. The number of ether oxygens (including phenoxy) is 2. The first-order valence-corrected chi connectivity index (χ1v) is 10.0. The number of piperidine rings is 1. The summed E-state index contributed by atoms with van der Waals surface area (Å²) in [6, 6.07) is 11.8. The zero-order chi connectivity index (χ0) is 18.8. The van der Waals surface area contributed by atoms with E-state index in [1.165, 1.54) is 12.8 Å². The van der Waals surface area contributed by atoms with Crippen LogP contribution in [-0.4, -0.2) is 31.1 Å². The Bertz CT molecular complexity index is 840. The molecule has 0 amide bonds. The van der Waals surface area contributed by atoms with Crippen LogP contribution in [0.3, 0.4) is 0 Å². The summed E-state index contributed by atoms with van der Waals surface area (Å²) < 4.78 is 12.4. The first kappa shape index (κ1) is 18.1. The van der Waals surface area contributed by atoms with Gasteiger partial charge < -0.3 is 14.8 Å². The zero-order valence-electron chi connectivity index (χ0n) is 16.1. The predicted molar refractivity (Wildman–Crippen MR) is 107 cm³/mol. The van der Waals surface area contributed by atoms with E-state index < -0.39 is 0 Å². The van der Waals surface area contributed by atoms with E-state index in [2.05, 4.69) is 19.2 Å². The molecule has 2 unspecified atom stereocenters. The average Bonchev–Trinajstić information content (AvgIpc) is 3.01. The first-order chi connectivity index (χ1) is 13.2. The van der Waals surface area contributed by atoms with Crippen LogP contribution in [0.1, 0.15) is 55.5 Å². The van der Waals surface area contributed by atoms with E-state index in [1.807, 2.05) is 36.4 Å². The van der Waals surface area contributed by atoms with Gasteiger partial charge in [0.1, 0.15) is 17.6 Å². The molecule has 1 heterocycles. The third kappa shape index (κ3) is 3.34. The fourth-order valence-electron chi connectivity index (χ4n) is 4.09. The third-order valence-electron chi connectivity index (χ3n) is 5.48. The highest BCUT2D eigenvalue weighted by Crippen LogP contribution is 2.47. The van der Waals surface area contributed by atoms with Crippen LogP contribution in [0.2, 0.25) is 0 Å². The second-order valence-electron chi connectivity index (χ2n) is 7.41. The molecule has 27 heavy (non-hydrogen) atoms. The van der Waals surface area contributed by atoms with Gasteiger partial charge in [-0.05, 0) is 44.9 Å². The number of hydrogen-bond donors (Lipinski definition) is 1. The maximum atomic E-state index is 12.9. The van der Waals surface area contributed by atoms with Crippen molar-refractivity contribution < 1.29 is 14.3 Å². The molecule has 4 rings (SSSR count). The summed E-state index contributed by atoms with van der Waals surface area (Å²) in [4.78, 5) is 12.9. The van der Waals surface area contributed by atoms with Crippen LogP contribution < -0.4 is 14.8 Å². The number of nitrogens with one attached hydrogen (secondary N) is 1. The summed E-state index contributed by atoms with van der Waals surface area (Å²) >= 11 is 0. The lowest BCUT2D eigenvalue weighted by Gasteiger charge is -2.30. The van der Waals surface area contributed by atoms with Crippen molar-refractivity contribution in [2.75, 3.05) is 13.2 Å². The average molecular weight is 365 g/mol. The molecule has 1 aliphatic heterocycles. The molecule has 2 aromatic carbocycles. The van der Waals surface area contributed by atoms with Gasteiger partial charge in [0.2, 0.25) is 0 Å². The predicted octanol–water partition coefficient (Wildman–Crippen LogP) is 4.60. The second-order valence-corrected chi connectivity index (χ2v) is 7.41. The maximum absolute atomic E-state index is 12.9. The van der Waals surface area contributed by atoms with E-state index in [4.69, 9.17) is 9.47 Å². The number of fused-ring (bicyclic) bond motifs is 3. The van der Waals surface area contributed by atoms with Crippen molar-refractivity contribution in [3.05, 3.63) is 47.5 Å². The Kier molecular flexibility index (Phi) is 5.17. The van der Waals surface area contributed by atoms with Crippen molar-refractivity contribution in [3.63, 3.8) is 0 Å². The number of rotatable bonds is 6. The van der Waals surface area contributed by atoms with Crippen LogP contribution in [0.4, 0.5) is 0 Å². The van der Waals surface area contributed by atoms with Crippen LogP contribution in [0.5, 0.6) is 11.5 Å². The molecule has 2 atom stereocenters. The normalized spacial score (nSPS) is 19.3. The van der Waals surface area contributed by atoms with Crippen LogP contribution >= 0.6 is 0 Å². The van der Waals surface area contributed by atoms with E-state index >= 15 is 0 Å². The summed E-state index contributed by atoms with van der Waals surface area (Å²) in [6.07, 6.45) is 4.54. The van der Waals surface area contributed by atoms with Crippen molar-refractivity contribution >= 4 is 5.78 Å². The van der Waals surface area contributed by atoms with Gasteiger partial charge in [-0.2, -0.15) is 0 Å². The number of ketones is 1. The molecule has 0 spiro atoms. The summed E-state index contributed by atoms with van der Waals surface area (Å²) in [5.41, 5.74) is 3.18. The molecule has 2 aromatic rings. The fourth-order valence-corrected chi connectivity index (χ4v) is 4.09. The van der Waals surface area contributed by atoms with Gasteiger partial charge in [-0.25, -0.2) is 0 Å². The molecule has 1 fully saturated rings. The first-order valence-electron chi connectivity index (χ1n) is 10.0. The number of hydrogen-bond acceptors (Lipinski definition) is 4. The molecule has 142 valence electrons. The Morgan fingerprint density at radius 2 is 1.78 bits per heavy atom. The fraction of sp³-hybridized carbons (Fsp3) is 0.435. The molecule has 1 N–H and O–H groups in total. The standard InChI is InChI=1S/C23H27NO3/c1-3-14-26-19-11-6-8-16-21(19)22-17(23(16)25)9-7-12-20(22)27-15(2)18-10-4-5-13-24-18/h6-9,11-12,15,18,24H,3-5,10,13-14H2,1-2H3. The van der Waals surface area contributed by atoms with Crippen molar-refractivity contribution in [1.29, 1.82) is 0 Å². The minimum absolute atomic E-state index is 0.0414. The molecule has 1 saturated heterocycles. The van der Waals surface area contributed by atoms with Gasteiger partial charge >= 0.3 is 0 Å². The summed E-state index contributed by atoms with van der Waals surface area (Å²) in [7, 11) is 0. The van der Waals surface area contributed by atoms with Crippen LogP contribution in [0.15, 0.2) is 36.4 Å². The van der Waals surface area contributed by atoms with Crippen LogP contribution in [0, 0.1) is 0 Å². The van der Waals surface area contributed by atoms with Crippen molar-refractivity contribution in [2.24, 2.45) is 0 Å². The molecule has 0 saturated carbocycles. The Morgan fingerprint density at radius 1 is 1.07 bits per heavy atom. The zero-order valence-corrected chi connectivity index (χ0v) is 16.1. The number of carbonyl (C=O) groups is 1. The molecule has 4 nitrogen and oxygen atoms in total. The molecular formula is C23H27NO3. The summed E-state index contributed by atoms with van der Waals surface area (Å²) in [6.45, 7) is 5.86. The summed E-state index contributed by atoms with van der Waals surface area (Å²) in [5.74, 6) is 1.59. The van der Waals surface area contributed by atoms with Crippen molar-refractivity contribution in [3.8, 4) is 22.6 Å². The van der Waals surface area contributed by atoms with Gasteiger partial charge in [0.15, 0.2) is 5.78 Å². The van der Waals surface area contributed by atoms with Gasteiger partial charge in [0.05, 0.1) is 6.61 Å². The van der Waals surface area contributed by atoms with Crippen LogP contribution in [0.25, 0.3) is 11.1 Å². The van der Waals surface area contributed by atoms with Gasteiger partial charge in [-0.1, -0.05) is 37.6 Å². The number of carbonyl (C=O) groups excluding carboxylic acids is 1. The lowest BCUT2D eigenvalue weighted by atomic mass is 10.00. The van der Waals surface area contributed by atoms with E-state index in [0.29, 0.717) is 23.8 Å². The highest BCUT2D eigenvalue weighted by atomic mass is 16.5. The van der Waals surface area contributed by atoms with Gasteiger partial charge in [0, 0.05) is 28.3 Å². The van der Waals surface area contributed by atoms with E-state index in [0.717, 1.165) is 42.0 Å². The lowest BCUT2D eigenvalue weighted by Crippen LogP contribution is -2.44.